The highest BCUT2D eigenvalue weighted by molar-refractivity contribution is 9.10. The van der Waals surface area contributed by atoms with Crippen LogP contribution in [0, 0.1) is 0 Å². The van der Waals surface area contributed by atoms with Gasteiger partial charge >= 0.3 is 0 Å². The van der Waals surface area contributed by atoms with Crippen molar-refractivity contribution in [1.82, 2.24) is 0 Å². The number of nitrogens with two attached hydrogens (primary N) is 1. The van der Waals surface area contributed by atoms with Crippen molar-refractivity contribution in [3.63, 3.8) is 0 Å². The van der Waals surface area contributed by atoms with Gasteiger partial charge in [-0.05, 0) is 41.9 Å². The molecule has 0 atom stereocenters. The fourth-order valence-electron chi connectivity index (χ4n) is 1.01. The van der Waals surface area contributed by atoms with Gasteiger partial charge in [0.1, 0.15) is 5.75 Å². The summed E-state index contributed by atoms with van der Waals surface area (Å²) in [5.41, 5.74) is 5.42. The van der Waals surface area contributed by atoms with E-state index in [1.165, 1.54) is 0 Å². The summed E-state index contributed by atoms with van der Waals surface area (Å²) >= 11 is 3.34. The lowest BCUT2D eigenvalue weighted by Crippen LogP contribution is -2.45. The fourth-order valence-corrected chi connectivity index (χ4v) is 1.36. The van der Waals surface area contributed by atoms with Crippen molar-refractivity contribution in [1.29, 1.82) is 0 Å². The predicted octanol–water partition coefficient (Wildman–Crippen LogP) is 2.13. The summed E-state index contributed by atoms with van der Waals surface area (Å²) in [6, 6.07) is 5.33. The van der Waals surface area contributed by atoms with E-state index in [9.17, 15) is 4.79 Å². The molecule has 0 radical (unpaired) electrons. The molecule has 0 aliphatic rings. The van der Waals surface area contributed by atoms with E-state index < -0.39 is 5.54 Å². The smallest absolute Gasteiger partial charge is 0.243 e. The highest BCUT2D eigenvalue weighted by Gasteiger charge is 2.22. The van der Waals surface area contributed by atoms with Crippen LogP contribution in [0.4, 0.5) is 5.69 Å². The molecule has 0 aliphatic carbocycles. The van der Waals surface area contributed by atoms with E-state index in [-0.39, 0.29) is 5.91 Å². The number of rotatable bonds is 3. The zero-order valence-electron chi connectivity index (χ0n) is 9.50. The molecule has 4 nitrogen and oxygen atoms in total. The molecule has 0 heterocycles. The fraction of sp³-hybridized carbons (Fsp3) is 0.364. The van der Waals surface area contributed by atoms with Crippen LogP contribution in [0.5, 0.6) is 5.75 Å². The third-order valence-corrected chi connectivity index (χ3v) is 2.70. The molecule has 1 amide bonds. The van der Waals surface area contributed by atoms with E-state index in [0.717, 1.165) is 4.47 Å². The van der Waals surface area contributed by atoms with E-state index in [2.05, 4.69) is 21.2 Å². The van der Waals surface area contributed by atoms with Crippen LogP contribution in [-0.2, 0) is 4.79 Å². The first kappa shape index (κ1) is 13.0. The molecule has 1 rings (SSSR count). The maximum atomic E-state index is 11.7. The molecular weight excluding hydrogens is 272 g/mol. The quantitative estimate of drug-likeness (QED) is 0.895. The topological polar surface area (TPSA) is 64.3 Å². The summed E-state index contributed by atoms with van der Waals surface area (Å²) in [4.78, 5) is 11.7. The number of anilines is 1. The zero-order chi connectivity index (χ0) is 12.3. The molecule has 0 fully saturated rings. The second-order valence-corrected chi connectivity index (χ2v) is 4.88. The predicted molar refractivity (Wildman–Crippen MR) is 67.6 cm³/mol. The summed E-state index contributed by atoms with van der Waals surface area (Å²) in [5, 5.41) is 2.73. The van der Waals surface area contributed by atoms with Crippen molar-refractivity contribution >= 4 is 27.5 Å². The monoisotopic (exact) mass is 286 g/mol. The summed E-state index contributed by atoms with van der Waals surface area (Å²) in [7, 11) is 1.57. The summed E-state index contributed by atoms with van der Waals surface area (Å²) in [6.07, 6.45) is 0. The first-order valence-electron chi connectivity index (χ1n) is 4.78. The number of benzene rings is 1. The van der Waals surface area contributed by atoms with Gasteiger partial charge in [0.05, 0.1) is 18.3 Å². The molecule has 0 aliphatic heterocycles. The van der Waals surface area contributed by atoms with Crippen molar-refractivity contribution in [2.45, 2.75) is 19.4 Å². The van der Waals surface area contributed by atoms with Crippen LogP contribution in [0.1, 0.15) is 13.8 Å². The first-order chi connectivity index (χ1) is 7.34. The van der Waals surface area contributed by atoms with Crippen LogP contribution in [0.2, 0.25) is 0 Å². The Kier molecular flexibility index (Phi) is 3.93. The van der Waals surface area contributed by atoms with Crippen LogP contribution in [0.25, 0.3) is 0 Å². The van der Waals surface area contributed by atoms with Crippen LogP contribution in [0.3, 0.4) is 0 Å². The average Bonchev–Trinajstić information content (AvgIpc) is 2.19. The van der Waals surface area contributed by atoms with E-state index in [1.54, 1.807) is 39.2 Å². The van der Waals surface area contributed by atoms with Gasteiger partial charge in [0.25, 0.3) is 0 Å². The number of nitrogens with one attached hydrogen (secondary N) is 1. The number of methoxy groups -OCH3 is 1. The van der Waals surface area contributed by atoms with E-state index in [4.69, 9.17) is 10.5 Å². The highest BCUT2D eigenvalue weighted by atomic mass is 79.9. The molecule has 5 heteroatoms. The largest absolute Gasteiger partial charge is 0.497 e. The number of hydrogen-bond acceptors (Lipinski definition) is 3. The van der Waals surface area contributed by atoms with Crippen LogP contribution in [-0.4, -0.2) is 18.6 Å². The Hall–Kier alpha value is -1.07. The second-order valence-electron chi connectivity index (χ2n) is 4.02. The average molecular weight is 287 g/mol. The SMILES string of the molecule is COc1ccc(Br)c(NC(=O)C(C)(C)N)c1. The Balaban J connectivity index is 2.92. The third-order valence-electron chi connectivity index (χ3n) is 2.01. The lowest BCUT2D eigenvalue weighted by atomic mass is 10.1. The number of halogens is 1. The summed E-state index contributed by atoms with van der Waals surface area (Å²) < 4.78 is 5.86. The molecular formula is C11H15BrN2O2. The minimum Gasteiger partial charge on any atom is -0.497 e. The number of ether oxygens (including phenoxy) is 1. The third kappa shape index (κ3) is 3.21. The standard InChI is InChI=1S/C11H15BrN2O2/c1-11(2,13)10(15)14-9-6-7(16-3)4-5-8(9)12/h4-6H,13H2,1-3H3,(H,14,15). The first-order valence-corrected chi connectivity index (χ1v) is 5.58. The molecule has 0 spiro atoms. The van der Waals surface area contributed by atoms with E-state index in [1.807, 2.05) is 0 Å². The molecule has 1 aromatic carbocycles. The van der Waals surface area contributed by atoms with Crippen molar-refractivity contribution < 1.29 is 9.53 Å². The molecule has 3 N–H and O–H groups in total. The van der Waals surface area contributed by atoms with Gasteiger partial charge in [-0.3, -0.25) is 4.79 Å². The maximum absolute atomic E-state index is 11.7. The van der Waals surface area contributed by atoms with Gasteiger partial charge in [0.2, 0.25) is 5.91 Å². The molecule has 0 unspecified atom stereocenters. The Morgan fingerprint density at radius 1 is 1.50 bits per heavy atom. The summed E-state index contributed by atoms with van der Waals surface area (Å²) in [6.45, 7) is 3.30. The van der Waals surface area contributed by atoms with E-state index in [0.29, 0.717) is 11.4 Å². The molecule has 16 heavy (non-hydrogen) atoms. The van der Waals surface area contributed by atoms with Crippen LogP contribution < -0.4 is 15.8 Å². The number of hydrogen-bond donors (Lipinski definition) is 2. The molecule has 0 saturated heterocycles. The Labute approximate surface area is 103 Å². The minimum absolute atomic E-state index is 0.249. The minimum atomic E-state index is -0.914. The second kappa shape index (κ2) is 4.84. The van der Waals surface area contributed by atoms with Gasteiger partial charge in [0.15, 0.2) is 0 Å². The summed E-state index contributed by atoms with van der Waals surface area (Å²) in [5.74, 6) is 0.426. The van der Waals surface area contributed by atoms with Gasteiger partial charge in [-0.25, -0.2) is 0 Å². The Morgan fingerprint density at radius 3 is 2.62 bits per heavy atom. The normalized spacial score (nSPS) is 11.1. The maximum Gasteiger partial charge on any atom is 0.243 e. The van der Waals surface area contributed by atoms with Gasteiger partial charge in [-0.1, -0.05) is 0 Å². The molecule has 88 valence electrons. The number of carbonyl (C=O) groups is 1. The molecule has 0 saturated carbocycles. The van der Waals surface area contributed by atoms with Gasteiger partial charge < -0.3 is 15.8 Å². The van der Waals surface area contributed by atoms with Crippen LogP contribution in [0.15, 0.2) is 22.7 Å². The lowest BCUT2D eigenvalue weighted by Gasteiger charge is -2.18. The Bertz CT molecular complexity index is 399. The van der Waals surface area contributed by atoms with Crippen LogP contribution >= 0.6 is 15.9 Å². The van der Waals surface area contributed by atoms with Gasteiger partial charge in [-0.15, -0.1) is 0 Å². The van der Waals surface area contributed by atoms with Crippen molar-refractivity contribution in [2.75, 3.05) is 12.4 Å². The highest BCUT2D eigenvalue weighted by Crippen LogP contribution is 2.27. The van der Waals surface area contributed by atoms with Gasteiger partial charge in [-0.2, -0.15) is 0 Å². The number of amides is 1. The Morgan fingerprint density at radius 2 is 2.12 bits per heavy atom. The lowest BCUT2D eigenvalue weighted by molar-refractivity contribution is -0.120. The zero-order valence-corrected chi connectivity index (χ0v) is 11.1. The molecule has 1 aromatic rings. The van der Waals surface area contributed by atoms with Crippen molar-refractivity contribution in [3.8, 4) is 5.75 Å². The molecule has 0 aromatic heterocycles. The van der Waals surface area contributed by atoms with Crippen molar-refractivity contribution in [3.05, 3.63) is 22.7 Å². The molecule has 0 bridgehead atoms. The van der Waals surface area contributed by atoms with Crippen molar-refractivity contribution in [2.24, 2.45) is 5.73 Å². The van der Waals surface area contributed by atoms with Gasteiger partial charge in [0, 0.05) is 10.5 Å². The number of carbonyl (C=O) groups excluding carboxylic acids is 1. The van der Waals surface area contributed by atoms with E-state index >= 15 is 0 Å².